The average molecular weight is 219 g/mol. The largest absolute Gasteiger partial charge is 0.302 e. The van der Waals surface area contributed by atoms with Gasteiger partial charge in [-0.3, -0.25) is 10.2 Å². The van der Waals surface area contributed by atoms with Crippen molar-refractivity contribution in [3.05, 3.63) is 24.2 Å². The molecule has 16 heavy (non-hydrogen) atoms. The molecular formula is C11H17N5. The summed E-state index contributed by atoms with van der Waals surface area (Å²) >= 11 is 0. The number of aromatic nitrogens is 4. The summed E-state index contributed by atoms with van der Waals surface area (Å²) in [5, 5.41) is 13.9. The van der Waals surface area contributed by atoms with Crippen LogP contribution in [0.25, 0.3) is 11.3 Å². The van der Waals surface area contributed by atoms with Gasteiger partial charge in [0.1, 0.15) is 0 Å². The number of H-pyrrole nitrogens is 2. The highest BCUT2D eigenvalue weighted by atomic mass is 15.1. The van der Waals surface area contributed by atoms with Crippen LogP contribution in [0.3, 0.4) is 0 Å². The third-order valence-electron chi connectivity index (χ3n) is 2.54. The first-order chi connectivity index (χ1) is 7.81. The topological polar surface area (TPSA) is 60.6 Å². The molecule has 0 saturated heterocycles. The third kappa shape index (κ3) is 2.30. The molecule has 0 amide bonds. The van der Waals surface area contributed by atoms with Gasteiger partial charge in [0.15, 0.2) is 0 Å². The van der Waals surface area contributed by atoms with E-state index in [-0.39, 0.29) is 0 Å². The fraction of sp³-hybridized carbons (Fsp3) is 0.455. The molecule has 0 unspecified atom stereocenters. The number of aromatic amines is 2. The van der Waals surface area contributed by atoms with Crippen LogP contribution in [0, 0.1) is 0 Å². The third-order valence-corrected chi connectivity index (χ3v) is 2.54. The van der Waals surface area contributed by atoms with E-state index in [1.807, 2.05) is 12.4 Å². The molecule has 0 spiro atoms. The zero-order valence-electron chi connectivity index (χ0n) is 9.70. The van der Waals surface area contributed by atoms with Crippen LogP contribution in [0.15, 0.2) is 18.6 Å². The summed E-state index contributed by atoms with van der Waals surface area (Å²) in [4.78, 5) is 2.29. The molecule has 5 nitrogen and oxygen atoms in total. The second-order valence-electron chi connectivity index (χ2n) is 3.98. The lowest BCUT2D eigenvalue weighted by Gasteiger charge is -2.14. The molecule has 2 aromatic heterocycles. The van der Waals surface area contributed by atoms with E-state index >= 15 is 0 Å². The van der Waals surface area contributed by atoms with Gasteiger partial charge in [0.25, 0.3) is 0 Å². The van der Waals surface area contributed by atoms with Crippen LogP contribution in [0.5, 0.6) is 0 Å². The molecule has 0 fully saturated rings. The zero-order valence-corrected chi connectivity index (χ0v) is 9.70. The van der Waals surface area contributed by atoms with Crippen molar-refractivity contribution in [2.45, 2.75) is 19.9 Å². The molecule has 2 aromatic rings. The van der Waals surface area contributed by atoms with Gasteiger partial charge in [-0.1, -0.05) is 6.92 Å². The van der Waals surface area contributed by atoms with Gasteiger partial charge in [0, 0.05) is 30.1 Å². The first-order valence-corrected chi connectivity index (χ1v) is 5.51. The van der Waals surface area contributed by atoms with E-state index in [9.17, 15) is 0 Å². The number of nitrogens with one attached hydrogen (secondary N) is 2. The standard InChI is InChI=1S/C11H17N5/c1-3-4-16(2)8-10-7-14-15-11(10)9-5-12-13-6-9/h5-7H,3-4,8H2,1-2H3,(H,12,13)(H,14,15). The van der Waals surface area contributed by atoms with Gasteiger partial charge in [-0.2, -0.15) is 10.2 Å². The van der Waals surface area contributed by atoms with Gasteiger partial charge in [-0.15, -0.1) is 0 Å². The Balaban J connectivity index is 2.14. The molecule has 86 valence electrons. The monoisotopic (exact) mass is 219 g/mol. The Bertz CT molecular complexity index is 417. The number of hydrogen-bond donors (Lipinski definition) is 2. The van der Waals surface area contributed by atoms with E-state index < -0.39 is 0 Å². The zero-order chi connectivity index (χ0) is 11.4. The van der Waals surface area contributed by atoms with Gasteiger partial charge in [0.2, 0.25) is 0 Å². The molecule has 0 bridgehead atoms. The number of nitrogens with zero attached hydrogens (tertiary/aromatic N) is 3. The summed E-state index contributed by atoms with van der Waals surface area (Å²) in [6.07, 6.45) is 6.77. The van der Waals surface area contributed by atoms with Crippen LogP contribution >= 0.6 is 0 Å². The predicted molar refractivity (Wildman–Crippen MR) is 62.8 cm³/mol. The Hall–Kier alpha value is -1.62. The van der Waals surface area contributed by atoms with Gasteiger partial charge in [-0.25, -0.2) is 0 Å². The van der Waals surface area contributed by atoms with Crippen molar-refractivity contribution in [1.82, 2.24) is 25.3 Å². The van der Waals surface area contributed by atoms with Crippen LogP contribution in [0.1, 0.15) is 18.9 Å². The Morgan fingerprint density at radius 2 is 2.19 bits per heavy atom. The van der Waals surface area contributed by atoms with Crippen LogP contribution < -0.4 is 0 Å². The van der Waals surface area contributed by atoms with Crippen LogP contribution in [0.4, 0.5) is 0 Å². The molecule has 0 aromatic carbocycles. The summed E-state index contributed by atoms with van der Waals surface area (Å²) in [7, 11) is 2.12. The van der Waals surface area contributed by atoms with E-state index in [2.05, 4.69) is 39.3 Å². The average Bonchev–Trinajstić information content (AvgIpc) is 2.86. The second-order valence-corrected chi connectivity index (χ2v) is 3.98. The van der Waals surface area contributed by atoms with Crippen molar-refractivity contribution >= 4 is 0 Å². The summed E-state index contributed by atoms with van der Waals surface area (Å²) in [6, 6.07) is 0. The van der Waals surface area contributed by atoms with E-state index in [0.29, 0.717) is 0 Å². The van der Waals surface area contributed by atoms with Crippen molar-refractivity contribution in [3.63, 3.8) is 0 Å². The van der Waals surface area contributed by atoms with Crippen molar-refractivity contribution in [2.24, 2.45) is 0 Å². The number of rotatable bonds is 5. The van der Waals surface area contributed by atoms with Crippen LogP contribution in [0.2, 0.25) is 0 Å². The SMILES string of the molecule is CCCN(C)Cc1c[nH]nc1-c1cn[nH]c1. The summed E-state index contributed by atoms with van der Waals surface area (Å²) in [6.45, 7) is 4.18. The minimum absolute atomic E-state index is 0.908. The van der Waals surface area contributed by atoms with Gasteiger partial charge < -0.3 is 4.90 Å². The summed E-state index contributed by atoms with van der Waals surface area (Å²) in [5.74, 6) is 0. The minimum Gasteiger partial charge on any atom is -0.302 e. The molecule has 2 rings (SSSR count). The van der Waals surface area contributed by atoms with Crippen molar-refractivity contribution in [2.75, 3.05) is 13.6 Å². The Labute approximate surface area is 94.9 Å². The van der Waals surface area contributed by atoms with E-state index in [1.165, 1.54) is 5.56 Å². The molecule has 0 saturated carbocycles. The summed E-state index contributed by atoms with van der Waals surface area (Å²) < 4.78 is 0. The molecule has 2 N–H and O–H groups in total. The normalized spacial score (nSPS) is 11.2. The molecule has 0 aliphatic rings. The van der Waals surface area contributed by atoms with E-state index in [0.717, 1.165) is 30.8 Å². The molecule has 0 aliphatic heterocycles. The highest BCUT2D eigenvalue weighted by Crippen LogP contribution is 2.20. The smallest absolute Gasteiger partial charge is 0.0997 e. The van der Waals surface area contributed by atoms with Crippen molar-refractivity contribution < 1.29 is 0 Å². The van der Waals surface area contributed by atoms with Crippen molar-refractivity contribution in [1.29, 1.82) is 0 Å². The Kier molecular flexibility index (Phi) is 3.36. The highest BCUT2D eigenvalue weighted by Gasteiger charge is 2.10. The first kappa shape index (κ1) is 10.9. The first-order valence-electron chi connectivity index (χ1n) is 5.51. The molecule has 0 aliphatic carbocycles. The second kappa shape index (κ2) is 4.94. The molecular weight excluding hydrogens is 202 g/mol. The maximum Gasteiger partial charge on any atom is 0.0997 e. The fourth-order valence-electron chi connectivity index (χ4n) is 1.82. The van der Waals surface area contributed by atoms with Gasteiger partial charge in [0.05, 0.1) is 11.9 Å². The summed E-state index contributed by atoms with van der Waals surface area (Å²) in [5.41, 5.74) is 3.22. The molecule has 2 heterocycles. The quantitative estimate of drug-likeness (QED) is 0.803. The highest BCUT2D eigenvalue weighted by molar-refractivity contribution is 5.60. The van der Waals surface area contributed by atoms with Gasteiger partial charge >= 0.3 is 0 Å². The lowest BCUT2D eigenvalue weighted by molar-refractivity contribution is 0.328. The Morgan fingerprint density at radius 1 is 1.31 bits per heavy atom. The van der Waals surface area contributed by atoms with E-state index in [4.69, 9.17) is 0 Å². The van der Waals surface area contributed by atoms with Crippen LogP contribution in [-0.4, -0.2) is 38.9 Å². The van der Waals surface area contributed by atoms with E-state index in [1.54, 1.807) is 6.20 Å². The molecule has 0 radical (unpaired) electrons. The maximum atomic E-state index is 4.26. The fourth-order valence-corrected chi connectivity index (χ4v) is 1.82. The van der Waals surface area contributed by atoms with Gasteiger partial charge in [-0.05, 0) is 20.0 Å². The Morgan fingerprint density at radius 3 is 2.88 bits per heavy atom. The lowest BCUT2D eigenvalue weighted by Crippen LogP contribution is -2.18. The molecule has 5 heteroatoms. The maximum absolute atomic E-state index is 4.26. The van der Waals surface area contributed by atoms with Crippen LogP contribution in [-0.2, 0) is 6.54 Å². The molecule has 0 atom stereocenters. The predicted octanol–water partition coefficient (Wildman–Crippen LogP) is 1.64. The lowest BCUT2D eigenvalue weighted by atomic mass is 10.1. The number of hydrogen-bond acceptors (Lipinski definition) is 3. The van der Waals surface area contributed by atoms with Crippen molar-refractivity contribution in [3.8, 4) is 11.3 Å². The minimum atomic E-state index is 0.908.